The average Bonchev–Trinajstić information content (AvgIpc) is 1.69. The summed E-state index contributed by atoms with van der Waals surface area (Å²) in [5, 5.41) is 29.7. The third kappa shape index (κ3) is 27.4. The highest BCUT2D eigenvalue weighted by molar-refractivity contribution is 6.04. The number of nitrogens with zero attached hydrogens (tertiary/aromatic N) is 9. The highest BCUT2D eigenvalue weighted by atomic mass is 16.7. The van der Waals surface area contributed by atoms with Crippen LogP contribution in [0.1, 0.15) is 195 Å². The van der Waals surface area contributed by atoms with E-state index in [4.69, 9.17) is 33.2 Å². The number of nitrogens with one attached hydrogen (secondary N) is 8. The van der Waals surface area contributed by atoms with Crippen molar-refractivity contribution < 1.29 is 134 Å². The van der Waals surface area contributed by atoms with Gasteiger partial charge in [0, 0.05) is 81.2 Å². The Balaban J connectivity index is 0.000000155. The predicted octanol–water partition coefficient (Wildman–Crippen LogP) is 3.07. The van der Waals surface area contributed by atoms with Gasteiger partial charge in [0.2, 0.25) is 66.1 Å². The predicted molar refractivity (Wildman–Crippen MR) is 510 cm³/mol. The first-order valence-electron chi connectivity index (χ1n) is 48.8. The number of ether oxygens (including phenoxy) is 7. The lowest BCUT2D eigenvalue weighted by molar-refractivity contribution is -0.177. The molecule has 0 radical (unpaired) electrons. The lowest BCUT2D eigenvalue weighted by Gasteiger charge is -2.43. The number of aldehydes is 1. The molecule has 45 heteroatoms. The number of methoxy groups -OCH3 is 1. The van der Waals surface area contributed by atoms with Crippen LogP contribution in [0.5, 0.6) is 0 Å². The van der Waals surface area contributed by atoms with Crippen molar-refractivity contribution in [2.24, 2.45) is 0 Å². The molecule has 11 saturated heterocycles. The van der Waals surface area contributed by atoms with E-state index in [-0.39, 0.29) is 134 Å². The molecule has 14 atom stereocenters. The lowest BCUT2D eigenvalue weighted by atomic mass is 10.0. The van der Waals surface area contributed by atoms with Crippen molar-refractivity contribution in [3.8, 4) is 0 Å². The van der Waals surface area contributed by atoms with Crippen molar-refractivity contribution in [3.05, 3.63) is 215 Å². The Morgan fingerprint density at radius 2 is 0.680 bits per heavy atom. The van der Waals surface area contributed by atoms with E-state index in [1.807, 2.05) is 60.7 Å². The Bertz CT molecular complexity index is 5660. The molecule has 0 bridgehead atoms. The Kier molecular flexibility index (Phi) is 36.0. The van der Waals surface area contributed by atoms with E-state index in [1.54, 1.807) is 142 Å². The summed E-state index contributed by atoms with van der Waals surface area (Å²) in [4.78, 5) is 269. The van der Waals surface area contributed by atoms with Crippen LogP contribution in [0, 0.1) is 0 Å². The number of hydrogen-bond donors (Lipinski definition) is 8. The van der Waals surface area contributed by atoms with Gasteiger partial charge >= 0.3 is 29.9 Å². The quantitative estimate of drug-likeness (QED) is 0.0220. The van der Waals surface area contributed by atoms with Gasteiger partial charge in [0.05, 0.1) is 51.5 Å². The summed E-state index contributed by atoms with van der Waals surface area (Å²) in [7, 11) is 1.36. The lowest BCUT2D eigenvalue weighted by Crippen LogP contribution is -2.65. The van der Waals surface area contributed by atoms with Gasteiger partial charge in [-0.25, -0.2) is 34.8 Å². The van der Waals surface area contributed by atoms with Crippen LogP contribution in [0.25, 0.3) is 0 Å². The number of carbonyl (C=O) groups excluding carboxylic acids is 21. The molecule has 0 spiro atoms. The van der Waals surface area contributed by atoms with E-state index in [9.17, 15) is 101 Å². The minimum atomic E-state index is -1.16. The number of hydrazine groups is 5. The molecular formula is C102H117N17O28. The number of esters is 4. The monoisotopic (exact) mass is 2030 g/mol. The van der Waals surface area contributed by atoms with Crippen molar-refractivity contribution >= 4 is 125 Å². The van der Waals surface area contributed by atoms with Gasteiger partial charge in [-0.3, -0.25) is 112 Å². The number of carbonyl (C=O) groups is 21. The van der Waals surface area contributed by atoms with Crippen molar-refractivity contribution in [1.82, 2.24) is 87.7 Å². The van der Waals surface area contributed by atoms with Gasteiger partial charge in [-0.1, -0.05) is 133 Å². The molecule has 11 heterocycles. The number of urea groups is 1. The second-order valence-corrected chi connectivity index (χ2v) is 37.3. The van der Waals surface area contributed by atoms with Crippen LogP contribution in [0.4, 0.5) is 4.79 Å². The second kappa shape index (κ2) is 49.6. The molecule has 0 aliphatic carbocycles. The van der Waals surface area contributed by atoms with Gasteiger partial charge in [0.15, 0.2) is 0 Å². The Hall–Kier alpha value is -15.9. The molecule has 17 amide bonds. The van der Waals surface area contributed by atoms with E-state index in [1.165, 1.54) is 37.2 Å². The molecule has 6 aromatic rings. The minimum absolute atomic E-state index is 0.0198. The number of fused-ring (bicyclic) bond motifs is 4. The van der Waals surface area contributed by atoms with Crippen molar-refractivity contribution in [2.45, 2.75) is 247 Å². The second-order valence-electron chi connectivity index (χ2n) is 37.3. The molecule has 45 nitrogen and oxygen atoms in total. The summed E-state index contributed by atoms with van der Waals surface area (Å²) in [5.41, 5.74) is 5.05. The maximum atomic E-state index is 13.7. The average molecular weight is 2030 g/mol. The number of hydrogen-bond acceptors (Lipinski definition) is 28. The van der Waals surface area contributed by atoms with E-state index in [0.29, 0.717) is 86.6 Å². The molecule has 8 N–H and O–H groups in total. The summed E-state index contributed by atoms with van der Waals surface area (Å²) in [6.07, 6.45) is 0.602. The summed E-state index contributed by atoms with van der Waals surface area (Å²) in [6, 6.07) is 41.3. The van der Waals surface area contributed by atoms with Crippen LogP contribution in [0.15, 0.2) is 182 Å². The smallest absolute Gasteiger partial charge is 0.358 e. The zero-order valence-corrected chi connectivity index (χ0v) is 81.3. The van der Waals surface area contributed by atoms with Crippen molar-refractivity contribution in [1.29, 1.82) is 0 Å². The Morgan fingerprint density at radius 3 is 1.02 bits per heavy atom. The molecule has 11 unspecified atom stereocenters. The van der Waals surface area contributed by atoms with Crippen molar-refractivity contribution in [2.75, 3.05) is 39.8 Å². The SMILES string of the molecule is CC(C)(C)OC(=O)CC(C=O)NC(=O)C1CCCN2C(=O)CCC(NC(=O)c3ccccc3)C(=O)N12.COC1OC(=O)CC1NC(=O)C1CCCN2C(=O)CCC(NC(=O)c3ccccc3)C(=O)N12.O=C1CC(NC(=O)C2CCCN3C(=O)CCN(NC(=O)c4ccccc4)C(=O)N23)C(OCc2ccccc2)O1.O=C1C[C@H](NC(=O)[C@@H]2CCCN3C(=O)CC[C@H](NC(=O)c4ccccc4)C(=O)N23)C(OCc2ccccc2)O1. The first-order chi connectivity index (χ1) is 70.7. The zero-order chi connectivity index (χ0) is 105. The van der Waals surface area contributed by atoms with Crippen LogP contribution in [-0.2, 0) is 123 Å². The highest BCUT2D eigenvalue weighted by Gasteiger charge is 2.53. The molecular weight excluding hydrogens is 1910 g/mol. The van der Waals surface area contributed by atoms with Crippen LogP contribution in [-0.4, -0.2) is 301 Å². The zero-order valence-electron chi connectivity index (χ0n) is 81.3. The molecule has 778 valence electrons. The molecule has 0 aromatic heterocycles. The van der Waals surface area contributed by atoms with Gasteiger partial charge in [0.1, 0.15) is 72.3 Å². The van der Waals surface area contributed by atoms with Crippen LogP contribution >= 0.6 is 0 Å². The van der Waals surface area contributed by atoms with Gasteiger partial charge < -0.3 is 75.2 Å². The number of cyclic esters (lactones) is 3. The fraction of sp³-hybridized carbons (Fsp3) is 0.441. The van der Waals surface area contributed by atoms with E-state index < -0.39 is 186 Å². The van der Waals surface area contributed by atoms with E-state index in [0.717, 1.165) is 26.2 Å². The molecule has 11 aliphatic heterocycles. The summed E-state index contributed by atoms with van der Waals surface area (Å²) in [5.74, 6) is -9.15. The maximum Gasteiger partial charge on any atom is 0.358 e. The van der Waals surface area contributed by atoms with Crippen LogP contribution in [0.3, 0.4) is 0 Å². The summed E-state index contributed by atoms with van der Waals surface area (Å²) in [6.45, 7) is 6.49. The molecule has 147 heavy (non-hydrogen) atoms. The number of benzene rings is 6. The topological polar surface area (TPSA) is 548 Å². The maximum absolute atomic E-state index is 13.7. The van der Waals surface area contributed by atoms with Crippen molar-refractivity contribution in [3.63, 3.8) is 0 Å². The van der Waals surface area contributed by atoms with Gasteiger partial charge in [-0.15, -0.1) is 0 Å². The Morgan fingerprint density at radius 1 is 0.374 bits per heavy atom. The van der Waals surface area contributed by atoms with E-state index >= 15 is 0 Å². The van der Waals surface area contributed by atoms with Gasteiger partial charge in [-0.05, 0) is 151 Å². The molecule has 17 rings (SSSR count). The molecule has 0 saturated carbocycles. The Labute approximate surface area is 844 Å². The standard InChI is InChI=1S/C28H30N4O7.C27H29N5O7.C25H32N4O7.C22H26N4O7/c33-23-14-13-20(29-25(35)19-10-5-2-6-11-19)27(37)32-22(12-7-15-31(23)32)26(36)30-21-16-24(34)39-28(21)38-17-18-8-3-1-4-9-18;33-22-13-15-30(29-24(35)19-10-5-2-6-11-19)27(37)32-21(12-7-14-31(22)32)25(36)28-20-16-23(34)39-26(20)38-17-18-8-3-1-4-9-18;1-25(2,3)36-21(32)14-17(15-30)26-23(34)19-10-7-13-28-20(31)12-11-18(24(35)29(19)28)27-22(33)16-8-5-4-6-9-16;1-32-22-15(12-18(28)33-22)24-20(30)16-8-5-11-25-17(27)10-9-14(21(31)26(16)25)23-19(29)13-6-3-2-4-7-13/h1-6,8-11,20-22,28H,7,12-17H2,(H,29,35)(H,30,36);1-6,8-11,20-21,26H,7,12-17H2,(H,28,36)(H,29,35);4-6,8-9,15,17-19H,7,10-14H2,1-3H3,(H,26,34)(H,27,33);2-4,6-7,14-16,22H,5,8-12H2,1H3,(H,23,29)(H,24,30)/t20-,21-,22-,28?;;;/m0.../s1. The van der Waals surface area contributed by atoms with E-state index in [2.05, 4.69) is 42.6 Å². The van der Waals surface area contributed by atoms with Crippen LogP contribution in [0.2, 0.25) is 0 Å². The number of amides is 17. The fourth-order valence-corrected chi connectivity index (χ4v) is 18.5. The largest absolute Gasteiger partial charge is 0.460 e. The highest BCUT2D eigenvalue weighted by Crippen LogP contribution is 2.33. The third-order valence-electron chi connectivity index (χ3n) is 25.7. The minimum Gasteiger partial charge on any atom is -0.460 e. The fourth-order valence-electron chi connectivity index (χ4n) is 18.5. The third-order valence-corrected chi connectivity index (χ3v) is 25.7. The first-order valence-corrected chi connectivity index (χ1v) is 48.8. The summed E-state index contributed by atoms with van der Waals surface area (Å²) >= 11 is 0. The molecule has 11 aliphatic rings. The van der Waals surface area contributed by atoms with Gasteiger partial charge in [-0.2, -0.15) is 0 Å². The molecule has 6 aromatic carbocycles. The normalized spacial score (nSPS) is 24.1. The van der Waals surface area contributed by atoms with Gasteiger partial charge in [0.25, 0.3) is 41.4 Å². The molecule has 11 fully saturated rings. The first kappa shape index (κ1) is 107. The summed E-state index contributed by atoms with van der Waals surface area (Å²) < 4.78 is 37.4. The van der Waals surface area contributed by atoms with Crippen LogP contribution < -0.4 is 42.6 Å². The number of rotatable bonds is 26.